The van der Waals surface area contributed by atoms with E-state index in [1.807, 2.05) is 0 Å². The monoisotopic (exact) mass is 223 g/mol. The fourth-order valence-corrected chi connectivity index (χ4v) is 3.66. The van der Waals surface area contributed by atoms with Crippen molar-refractivity contribution in [2.75, 3.05) is 0 Å². The third-order valence-electron chi connectivity index (χ3n) is 4.54. The lowest BCUT2D eigenvalue weighted by Crippen LogP contribution is -2.39. The molecule has 0 aromatic heterocycles. The van der Waals surface area contributed by atoms with Crippen molar-refractivity contribution in [3.63, 3.8) is 0 Å². The fraction of sp³-hybridized carbons (Fsp3) is 1.00. The van der Waals surface area contributed by atoms with Gasteiger partial charge in [0.25, 0.3) is 0 Å². The zero-order valence-electron chi connectivity index (χ0n) is 11.0. The Morgan fingerprint density at radius 2 is 1.44 bits per heavy atom. The Morgan fingerprint density at radius 3 is 2.06 bits per heavy atom. The summed E-state index contributed by atoms with van der Waals surface area (Å²) >= 11 is 0. The van der Waals surface area contributed by atoms with E-state index in [9.17, 15) is 0 Å². The van der Waals surface area contributed by atoms with E-state index in [1.165, 1.54) is 70.6 Å². The van der Waals surface area contributed by atoms with Gasteiger partial charge in [0.2, 0.25) is 0 Å². The van der Waals surface area contributed by atoms with Crippen LogP contribution in [0.2, 0.25) is 0 Å². The van der Waals surface area contributed by atoms with E-state index in [2.05, 4.69) is 12.2 Å². The van der Waals surface area contributed by atoms with Gasteiger partial charge in [0.05, 0.1) is 0 Å². The summed E-state index contributed by atoms with van der Waals surface area (Å²) in [6, 6.07) is 1.60. The average molecular weight is 223 g/mol. The summed E-state index contributed by atoms with van der Waals surface area (Å²) in [7, 11) is 0. The highest BCUT2D eigenvalue weighted by molar-refractivity contribution is 4.78. The highest BCUT2D eigenvalue weighted by Crippen LogP contribution is 2.27. The van der Waals surface area contributed by atoms with Crippen LogP contribution < -0.4 is 5.32 Å². The maximum Gasteiger partial charge on any atom is 0.00695 e. The number of hydrogen-bond acceptors (Lipinski definition) is 1. The third kappa shape index (κ3) is 4.08. The van der Waals surface area contributed by atoms with Crippen molar-refractivity contribution in [3.8, 4) is 0 Å². The first-order valence-corrected chi connectivity index (χ1v) is 7.60. The zero-order valence-corrected chi connectivity index (χ0v) is 11.0. The first kappa shape index (κ1) is 12.4. The van der Waals surface area contributed by atoms with Gasteiger partial charge in [-0.3, -0.25) is 0 Å². The van der Waals surface area contributed by atoms with Gasteiger partial charge in [-0.25, -0.2) is 0 Å². The topological polar surface area (TPSA) is 12.0 Å². The standard InChI is InChI=1S/C15H29N/c1-13(12-14-8-4-2-5-9-14)16-15-10-6-3-7-11-15/h13-16H,2-12H2,1H3/t13-/m0/s1. The summed E-state index contributed by atoms with van der Waals surface area (Å²) in [4.78, 5) is 0. The largest absolute Gasteiger partial charge is 0.311 e. The van der Waals surface area contributed by atoms with Gasteiger partial charge in [0.15, 0.2) is 0 Å². The van der Waals surface area contributed by atoms with Crippen molar-refractivity contribution >= 4 is 0 Å². The van der Waals surface area contributed by atoms with Crippen LogP contribution in [0.15, 0.2) is 0 Å². The van der Waals surface area contributed by atoms with Crippen LogP contribution in [0.5, 0.6) is 0 Å². The Bertz CT molecular complexity index is 158. The molecule has 0 aromatic carbocycles. The summed E-state index contributed by atoms with van der Waals surface area (Å²) in [5.41, 5.74) is 0. The molecule has 0 aromatic rings. The average Bonchev–Trinajstić information content (AvgIpc) is 2.31. The minimum atomic E-state index is 0.756. The summed E-state index contributed by atoms with van der Waals surface area (Å²) < 4.78 is 0. The second kappa shape index (κ2) is 6.64. The molecular weight excluding hydrogens is 194 g/mol. The normalized spacial score (nSPS) is 26.8. The molecule has 0 aliphatic heterocycles. The summed E-state index contributed by atoms with van der Waals surface area (Å²) in [5, 5.41) is 3.87. The van der Waals surface area contributed by atoms with Crippen LogP contribution in [0.4, 0.5) is 0 Å². The van der Waals surface area contributed by atoms with E-state index in [1.54, 1.807) is 0 Å². The van der Waals surface area contributed by atoms with Crippen molar-refractivity contribution in [2.45, 2.75) is 89.6 Å². The van der Waals surface area contributed by atoms with Gasteiger partial charge in [-0.2, -0.15) is 0 Å². The highest BCUT2D eigenvalue weighted by atomic mass is 14.9. The van der Waals surface area contributed by atoms with Gasteiger partial charge in [0, 0.05) is 12.1 Å². The minimum absolute atomic E-state index is 0.756. The fourth-order valence-electron chi connectivity index (χ4n) is 3.66. The Balaban J connectivity index is 1.64. The lowest BCUT2D eigenvalue weighted by Gasteiger charge is -2.30. The lowest BCUT2D eigenvalue weighted by atomic mass is 9.84. The molecule has 2 aliphatic rings. The minimum Gasteiger partial charge on any atom is -0.311 e. The van der Waals surface area contributed by atoms with Crippen molar-refractivity contribution < 1.29 is 0 Å². The Kier molecular flexibility index (Phi) is 5.15. The van der Waals surface area contributed by atoms with E-state index in [0.717, 1.165) is 18.0 Å². The molecule has 2 fully saturated rings. The number of nitrogens with one attached hydrogen (secondary N) is 1. The molecule has 0 radical (unpaired) electrons. The predicted molar refractivity (Wildman–Crippen MR) is 70.7 cm³/mol. The Labute approximate surface area is 101 Å². The zero-order chi connectivity index (χ0) is 11.2. The van der Waals surface area contributed by atoms with Gasteiger partial charge in [0.1, 0.15) is 0 Å². The lowest BCUT2D eigenvalue weighted by molar-refractivity contribution is 0.274. The summed E-state index contributed by atoms with van der Waals surface area (Å²) in [6.45, 7) is 2.41. The molecule has 0 amide bonds. The summed E-state index contributed by atoms with van der Waals surface area (Å²) in [6.07, 6.45) is 16.1. The molecule has 2 aliphatic carbocycles. The predicted octanol–water partition coefficient (Wildman–Crippen LogP) is 4.27. The van der Waals surface area contributed by atoms with Crippen LogP contribution in [-0.4, -0.2) is 12.1 Å². The molecule has 2 saturated carbocycles. The van der Waals surface area contributed by atoms with Crippen LogP contribution >= 0.6 is 0 Å². The molecule has 16 heavy (non-hydrogen) atoms. The van der Waals surface area contributed by atoms with Crippen molar-refractivity contribution in [1.82, 2.24) is 5.32 Å². The van der Waals surface area contributed by atoms with E-state index in [-0.39, 0.29) is 0 Å². The summed E-state index contributed by atoms with van der Waals surface area (Å²) in [5.74, 6) is 1.03. The molecule has 1 N–H and O–H groups in total. The number of rotatable bonds is 4. The van der Waals surface area contributed by atoms with Gasteiger partial charge < -0.3 is 5.32 Å². The molecule has 1 nitrogen and oxygen atoms in total. The second-order valence-corrected chi connectivity index (χ2v) is 6.14. The molecule has 0 spiro atoms. The quantitative estimate of drug-likeness (QED) is 0.750. The van der Waals surface area contributed by atoms with Crippen LogP contribution in [-0.2, 0) is 0 Å². The maximum absolute atomic E-state index is 3.87. The van der Waals surface area contributed by atoms with E-state index >= 15 is 0 Å². The van der Waals surface area contributed by atoms with Crippen LogP contribution in [0, 0.1) is 5.92 Å². The van der Waals surface area contributed by atoms with Gasteiger partial charge >= 0.3 is 0 Å². The van der Waals surface area contributed by atoms with Gasteiger partial charge in [-0.05, 0) is 32.1 Å². The van der Waals surface area contributed by atoms with E-state index in [4.69, 9.17) is 0 Å². The molecule has 94 valence electrons. The molecule has 0 heterocycles. The van der Waals surface area contributed by atoms with E-state index < -0.39 is 0 Å². The Hall–Kier alpha value is -0.0400. The van der Waals surface area contributed by atoms with Gasteiger partial charge in [-0.15, -0.1) is 0 Å². The first-order chi connectivity index (χ1) is 7.84. The van der Waals surface area contributed by atoms with Crippen molar-refractivity contribution in [1.29, 1.82) is 0 Å². The molecule has 1 heteroatoms. The maximum atomic E-state index is 3.87. The van der Waals surface area contributed by atoms with Crippen LogP contribution in [0.3, 0.4) is 0 Å². The second-order valence-electron chi connectivity index (χ2n) is 6.14. The van der Waals surface area contributed by atoms with Crippen molar-refractivity contribution in [3.05, 3.63) is 0 Å². The van der Waals surface area contributed by atoms with Crippen LogP contribution in [0.25, 0.3) is 0 Å². The highest BCUT2D eigenvalue weighted by Gasteiger charge is 2.19. The molecule has 0 unspecified atom stereocenters. The molecule has 0 saturated heterocycles. The molecule has 2 rings (SSSR count). The third-order valence-corrected chi connectivity index (χ3v) is 4.54. The first-order valence-electron chi connectivity index (χ1n) is 7.60. The number of hydrogen-bond donors (Lipinski definition) is 1. The van der Waals surface area contributed by atoms with Crippen molar-refractivity contribution in [2.24, 2.45) is 5.92 Å². The van der Waals surface area contributed by atoms with E-state index in [0.29, 0.717) is 0 Å². The SMILES string of the molecule is C[C@@H](CC1CCCCC1)NC1CCCCC1. The molecule has 1 atom stereocenters. The molecule has 0 bridgehead atoms. The molecular formula is C15H29N. The van der Waals surface area contributed by atoms with Gasteiger partial charge in [-0.1, -0.05) is 51.4 Å². The van der Waals surface area contributed by atoms with Crippen LogP contribution in [0.1, 0.15) is 77.6 Å². The smallest absolute Gasteiger partial charge is 0.00695 e. The Morgan fingerprint density at radius 1 is 0.875 bits per heavy atom.